The normalized spacial score (nSPS) is 10.0. The molecule has 1 heterocycles. The molecular weight excluding hydrogens is 236 g/mol. The standard InChI is InChI=1S/C15H16N4/c1-4-12-5-7-14(8-6-12)19(3)15-17-11(2)9-13(10-16)18-15/h5-9H,4H2,1-3H3. The Bertz CT molecular complexity index is 611. The van der Waals surface area contributed by atoms with Gasteiger partial charge >= 0.3 is 0 Å². The predicted octanol–water partition coefficient (Wildman–Crippen LogP) is 2.99. The quantitative estimate of drug-likeness (QED) is 0.842. The van der Waals surface area contributed by atoms with Crippen LogP contribution >= 0.6 is 0 Å². The topological polar surface area (TPSA) is 52.8 Å². The van der Waals surface area contributed by atoms with Crippen molar-refractivity contribution in [1.29, 1.82) is 5.26 Å². The minimum atomic E-state index is 0.388. The Morgan fingerprint density at radius 1 is 1.21 bits per heavy atom. The van der Waals surface area contributed by atoms with E-state index in [1.165, 1.54) is 5.56 Å². The van der Waals surface area contributed by atoms with Crippen LogP contribution in [0.25, 0.3) is 0 Å². The van der Waals surface area contributed by atoms with Crippen LogP contribution in [0.3, 0.4) is 0 Å². The molecule has 0 radical (unpaired) electrons. The maximum atomic E-state index is 8.95. The van der Waals surface area contributed by atoms with Gasteiger partial charge in [-0.05, 0) is 37.1 Å². The van der Waals surface area contributed by atoms with Gasteiger partial charge < -0.3 is 4.90 Å². The van der Waals surface area contributed by atoms with E-state index in [4.69, 9.17) is 5.26 Å². The molecule has 96 valence electrons. The molecule has 0 N–H and O–H groups in total. The summed E-state index contributed by atoms with van der Waals surface area (Å²) in [5.74, 6) is 0.542. The highest BCUT2D eigenvalue weighted by Gasteiger charge is 2.09. The second-order valence-electron chi connectivity index (χ2n) is 4.39. The average molecular weight is 252 g/mol. The lowest BCUT2D eigenvalue weighted by Gasteiger charge is -2.17. The van der Waals surface area contributed by atoms with Crippen LogP contribution in [0.15, 0.2) is 30.3 Å². The molecular formula is C15H16N4. The van der Waals surface area contributed by atoms with Crippen molar-refractivity contribution in [1.82, 2.24) is 9.97 Å². The van der Waals surface area contributed by atoms with E-state index in [1.807, 2.05) is 31.0 Å². The molecule has 0 fully saturated rings. The Morgan fingerprint density at radius 3 is 2.47 bits per heavy atom. The molecule has 0 aliphatic carbocycles. The molecule has 1 aromatic carbocycles. The van der Waals surface area contributed by atoms with Crippen LogP contribution in [0.4, 0.5) is 11.6 Å². The van der Waals surface area contributed by atoms with Gasteiger partial charge in [0.2, 0.25) is 5.95 Å². The zero-order valence-corrected chi connectivity index (χ0v) is 11.4. The zero-order chi connectivity index (χ0) is 13.8. The van der Waals surface area contributed by atoms with Crippen molar-refractivity contribution in [2.24, 2.45) is 0 Å². The van der Waals surface area contributed by atoms with Crippen LogP contribution in [-0.4, -0.2) is 17.0 Å². The summed E-state index contributed by atoms with van der Waals surface area (Å²) in [6.45, 7) is 3.99. The Morgan fingerprint density at radius 2 is 1.89 bits per heavy atom. The van der Waals surface area contributed by atoms with Gasteiger partial charge in [0.25, 0.3) is 0 Å². The van der Waals surface area contributed by atoms with Gasteiger partial charge in [-0.2, -0.15) is 5.26 Å². The number of hydrogen-bond acceptors (Lipinski definition) is 4. The Balaban J connectivity index is 2.35. The summed E-state index contributed by atoms with van der Waals surface area (Å²) in [6.07, 6.45) is 1.02. The Labute approximate surface area is 113 Å². The molecule has 0 saturated heterocycles. The van der Waals surface area contributed by atoms with E-state index in [0.717, 1.165) is 17.8 Å². The highest BCUT2D eigenvalue weighted by atomic mass is 15.2. The van der Waals surface area contributed by atoms with Gasteiger partial charge in [0, 0.05) is 18.4 Å². The lowest BCUT2D eigenvalue weighted by molar-refractivity contribution is 1.00. The summed E-state index contributed by atoms with van der Waals surface area (Å²) in [4.78, 5) is 10.5. The van der Waals surface area contributed by atoms with Crippen LogP contribution in [-0.2, 0) is 6.42 Å². The number of hydrogen-bond donors (Lipinski definition) is 0. The molecule has 0 atom stereocenters. The summed E-state index contributed by atoms with van der Waals surface area (Å²) in [6, 6.07) is 12.0. The van der Waals surface area contributed by atoms with E-state index in [0.29, 0.717) is 11.6 Å². The zero-order valence-electron chi connectivity index (χ0n) is 11.4. The predicted molar refractivity (Wildman–Crippen MR) is 75.4 cm³/mol. The van der Waals surface area contributed by atoms with Gasteiger partial charge in [-0.3, -0.25) is 0 Å². The second-order valence-corrected chi connectivity index (χ2v) is 4.39. The third-order valence-corrected chi connectivity index (χ3v) is 2.99. The molecule has 0 amide bonds. The highest BCUT2D eigenvalue weighted by Crippen LogP contribution is 2.21. The smallest absolute Gasteiger partial charge is 0.231 e. The van der Waals surface area contributed by atoms with Gasteiger partial charge in [0.05, 0.1) is 0 Å². The van der Waals surface area contributed by atoms with Crippen molar-refractivity contribution in [3.05, 3.63) is 47.3 Å². The molecule has 2 aromatic rings. The van der Waals surface area contributed by atoms with Crippen LogP contribution in [0.5, 0.6) is 0 Å². The summed E-state index contributed by atoms with van der Waals surface area (Å²) < 4.78 is 0. The van der Waals surface area contributed by atoms with E-state index in [-0.39, 0.29) is 0 Å². The first-order chi connectivity index (χ1) is 9.13. The van der Waals surface area contributed by atoms with E-state index < -0.39 is 0 Å². The number of aryl methyl sites for hydroxylation is 2. The number of anilines is 2. The first-order valence-corrected chi connectivity index (χ1v) is 6.22. The molecule has 0 unspecified atom stereocenters. The molecule has 19 heavy (non-hydrogen) atoms. The third-order valence-electron chi connectivity index (χ3n) is 2.99. The van der Waals surface area contributed by atoms with Crippen molar-refractivity contribution in [3.63, 3.8) is 0 Å². The molecule has 4 heteroatoms. The van der Waals surface area contributed by atoms with Crippen LogP contribution < -0.4 is 4.90 Å². The van der Waals surface area contributed by atoms with Gasteiger partial charge in [-0.15, -0.1) is 0 Å². The maximum absolute atomic E-state index is 8.95. The van der Waals surface area contributed by atoms with E-state index >= 15 is 0 Å². The van der Waals surface area contributed by atoms with Crippen LogP contribution in [0.2, 0.25) is 0 Å². The van der Waals surface area contributed by atoms with Gasteiger partial charge in [-0.1, -0.05) is 19.1 Å². The fraction of sp³-hybridized carbons (Fsp3) is 0.267. The number of rotatable bonds is 3. The van der Waals surface area contributed by atoms with Gasteiger partial charge in [0.1, 0.15) is 11.8 Å². The van der Waals surface area contributed by atoms with Crippen molar-refractivity contribution < 1.29 is 0 Å². The highest BCUT2D eigenvalue weighted by molar-refractivity contribution is 5.57. The third kappa shape index (κ3) is 2.89. The first kappa shape index (κ1) is 13.0. The van der Waals surface area contributed by atoms with Crippen LogP contribution in [0, 0.1) is 18.3 Å². The van der Waals surface area contributed by atoms with E-state index in [2.05, 4.69) is 35.1 Å². The number of nitrogens with zero attached hydrogens (tertiary/aromatic N) is 4. The molecule has 0 bridgehead atoms. The second kappa shape index (κ2) is 5.49. The number of benzene rings is 1. The van der Waals surface area contributed by atoms with E-state index in [1.54, 1.807) is 6.07 Å². The van der Waals surface area contributed by atoms with E-state index in [9.17, 15) is 0 Å². The molecule has 0 spiro atoms. The Kier molecular flexibility index (Phi) is 3.76. The monoisotopic (exact) mass is 252 g/mol. The van der Waals surface area contributed by atoms with Crippen molar-refractivity contribution in [3.8, 4) is 6.07 Å². The first-order valence-electron chi connectivity index (χ1n) is 6.22. The minimum absolute atomic E-state index is 0.388. The van der Waals surface area contributed by atoms with Crippen LogP contribution in [0.1, 0.15) is 23.9 Å². The fourth-order valence-electron chi connectivity index (χ4n) is 1.83. The summed E-state index contributed by atoms with van der Waals surface area (Å²) >= 11 is 0. The fourth-order valence-corrected chi connectivity index (χ4v) is 1.83. The maximum Gasteiger partial charge on any atom is 0.231 e. The number of aromatic nitrogens is 2. The van der Waals surface area contributed by atoms with Crippen molar-refractivity contribution >= 4 is 11.6 Å². The molecule has 0 aliphatic rings. The molecule has 2 rings (SSSR count). The molecule has 1 aromatic heterocycles. The van der Waals surface area contributed by atoms with Crippen molar-refractivity contribution in [2.45, 2.75) is 20.3 Å². The minimum Gasteiger partial charge on any atom is -0.314 e. The SMILES string of the molecule is CCc1ccc(N(C)c2nc(C)cc(C#N)n2)cc1. The van der Waals surface area contributed by atoms with Gasteiger partial charge in [0.15, 0.2) is 0 Å². The average Bonchev–Trinajstić information content (AvgIpc) is 2.46. The molecule has 0 saturated carbocycles. The lowest BCUT2D eigenvalue weighted by Crippen LogP contribution is -2.14. The Hall–Kier alpha value is -2.41. The summed E-state index contributed by atoms with van der Waals surface area (Å²) in [5.41, 5.74) is 3.48. The van der Waals surface area contributed by atoms with Crippen molar-refractivity contribution in [2.75, 3.05) is 11.9 Å². The summed E-state index contributed by atoms with van der Waals surface area (Å²) in [7, 11) is 1.90. The summed E-state index contributed by atoms with van der Waals surface area (Å²) in [5, 5.41) is 8.95. The lowest BCUT2D eigenvalue weighted by atomic mass is 10.1. The van der Waals surface area contributed by atoms with Gasteiger partial charge in [-0.25, -0.2) is 9.97 Å². The molecule has 0 aliphatic heterocycles. The molecule has 4 nitrogen and oxygen atoms in total. The number of nitriles is 1. The largest absolute Gasteiger partial charge is 0.314 e.